The molecule has 0 radical (unpaired) electrons. The van der Waals surface area contributed by atoms with E-state index in [-0.39, 0.29) is 17.4 Å². The number of fused-ring (bicyclic) bond motifs is 1. The predicted octanol–water partition coefficient (Wildman–Crippen LogP) is 2.69. The molecule has 1 amide bonds. The van der Waals surface area contributed by atoms with E-state index in [1.165, 1.54) is 23.4 Å². The van der Waals surface area contributed by atoms with Crippen molar-refractivity contribution in [2.45, 2.75) is 19.8 Å². The zero-order chi connectivity index (χ0) is 14.1. The summed E-state index contributed by atoms with van der Waals surface area (Å²) >= 11 is 0. The molecule has 4 nitrogen and oxygen atoms in total. The van der Waals surface area contributed by atoms with E-state index in [9.17, 15) is 9.90 Å². The quantitative estimate of drug-likeness (QED) is 0.865. The second-order valence-electron chi connectivity index (χ2n) is 5.06. The Morgan fingerprint density at radius 2 is 2.20 bits per heavy atom. The van der Waals surface area contributed by atoms with Gasteiger partial charge in [0.2, 0.25) is 0 Å². The summed E-state index contributed by atoms with van der Waals surface area (Å²) in [6.07, 6.45) is 3.43. The molecule has 1 aromatic carbocycles. The van der Waals surface area contributed by atoms with Crippen LogP contribution in [0.15, 0.2) is 36.5 Å². The van der Waals surface area contributed by atoms with Crippen LogP contribution in [-0.2, 0) is 6.42 Å². The third-order valence-electron chi connectivity index (χ3n) is 3.59. The molecule has 0 bridgehead atoms. The van der Waals surface area contributed by atoms with Crippen LogP contribution in [0.25, 0.3) is 0 Å². The van der Waals surface area contributed by atoms with Gasteiger partial charge in [-0.05, 0) is 43.5 Å². The van der Waals surface area contributed by atoms with Crippen LogP contribution in [0.2, 0.25) is 0 Å². The molecule has 0 saturated carbocycles. The molecule has 0 saturated heterocycles. The second kappa shape index (κ2) is 4.96. The van der Waals surface area contributed by atoms with Crippen LogP contribution in [0.3, 0.4) is 0 Å². The van der Waals surface area contributed by atoms with Crippen molar-refractivity contribution in [2.24, 2.45) is 0 Å². The van der Waals surface area contributed by atoms with Crippen LogP contribution in [0.4, 0.5) is 5.69 Å². The Morgan fingerprint density at radius 1 is 1.35 bits per heavy atom. The van der Waals surface area contributed by atoms with Crippen molar-refractivity contribution in [2.75, 3.05) is 11.4 Å². The first-order chi connectivity index (χ1) is 9.66. The molecule has 0 spiro atoms. The highest BCUT2D eigenvalue weighted by Gasteiger charge is 2.26. The fourth-order valence-corrected chi connectivity index (χ4v) is 2.63. The van der Waals surface area contributed by atoms with Crippen molar-refractivity contribution in [3.8, 4) is 5.75 Å². The van der Waals surface area contributed by atoms with E-state index in [0.717, 1.165) is 18.5 Å². The number of carbonyl (C=O) groups is 1. The number of rotatable bonds is 1. The lowest BCUT2D eigenvalue weighted by Gasteiger charge is -2.29. The standard InChI is InChI=1S/C16H16N2O2/c1-11-6-7-13-12(10-11)4-3-9-18(13)16(20)15-14(19)5-2-8-17-15/h2,5-8,10,19H,3-4,9H2,1H3. The molecule has 1 aliphatic rings. The molecule has 0 unspecified atom stereocenters. The van der Waals surface area contributed by atoms with Gasteiger partial charge in [-0.25, -0.2) is 4.98 Å². The van der Waals surface area contributed by atoms with Crippen LogP contribution < -0.4 is 4.90 Å². The molecular weight excluding hydrogens is 252 g/mol. The maximum absolute atomic E-state index is 12.6. The van der Waals surface area contributed by atoms with Gasteiger partial charge in [0.25, 0.3) is 5.91 Å². The molecule has 0 aliphatic carbocycles. The van der Waals surface area contributed by atoms with Gasteiger partial charge in [-0.1, -0.05) is 17.7 Å². The highest BCUT2D eigenvalue weighted by molar-refractivity contribution is 6.07. The monoisotopic (exact) mass is 268 g/mol. The first kappa shape index (κ1) is 12.7. The highest BCUT2D eigenvalue weighted by atomic mass is 16.3. The van der Waals surface area contributed by atoms with Crippen molar-refractivity contribution < 1.29 is 9.90 Å². The molecule has 1 N–H and O–H groups in total. The second-order valence-corrected chi connectivity index (χ2v) is 5.06. The van der Waals surface area contributed by atoms with E-state index in [4.69, 9.17) is 0 Å². The van der Waals surface area contributed by atoms with Crippen LogP contribution in [0.1, 0.15) is 28.0 Å². The number of aromatic hydroxyl groups is 1. The van der Waals surface area contributed by atoms with Crippen molar-refractivity contribution in [1.29, 1.82) is 0 Å². The number of benzene rings is 1. The van der Waals surface area contributed by atoms with Gasteiger partial charge in [-0.2, -0.15) is 0 Å². The SMILES string of the molecule is Cc1ccc2c(c1)CCCN2C(=O)c1ncccc1O. The van der Waals surface area contributed by atoms with E-state index >= 15 is 0 Å². The maximum Gasteiger partial charge on any atom is 0.280 e. The molecule has 2 heterocycles. The number of nitrogens with zero attached hydrogens (tertiary/aromatic N) is 2. The first-order valence-corrected chi connectivity index (χ1v) is 6.72. The Labute approximate surface area is 117 Å². The Hall–Kier alpha value is -2.36. The number of carbonyl (C=O) groups excluding carboxylic acids is 1. The molecule has 1 aliphatic heterocycles. The predicted molar refractivity (Wildman–Crippen MR) is 77.1 cm³/mol. The highest BCUT2D eigenvalue weighted by Crippen LogP contribution is 2.30. The Kier molecular flexibility index (Phi) is 3.14. The Morgan fingerprint density at radius 3 is 3.00 bits per heavy atom. The lowest BCUT2D eigenvalue weighted by Crippen LogP contribution is -2.36. The topological polar surface area (TPSA) is 53.4 Å². The van der Waals surface area contributed by atoms with Gasteiger partial charge < -0.3 is 10.0 Å². The van der Waals surface area contributed by atoms with E-state index in [2.05, 4.69) is 11.1 Å². The summed E-state index contributed by atoms with van der Waals surface area (Å²) in [6, 6.07) is 9.19. The summed E-state index contributed by atoms with van der Waals surface area (Å²) in [5.41, 5.74) is 3.41. The summed E-state index contributed by atoms with van der Waals surface area (Å²) in [7, 11) is 0. The van der Waals surface area contributed by atoms with Gasteiger partial charge in [-0.15, -0.1) is 0 Å². The van der Waals surface area contributed by atoms with Crippen molar-refractivity contribution in [3.05, 3.63) is 53.3 Å². The van der Waals surface area contributed by atoms with E-state index in [0.29, 0.717) is 6.54 Å². The maximum atomic E-state index is 12.6. The Bertz CT molecular complexity index is 667. The van der Waals surface area contributed by atoms with Crippen molar-refractivity contribution in [1.82, 2.24) is 4.98 Å². The lowest BCUT2D eigenvalue weighted by atomic mass is 9.99. The van der Waals surface area contributed by atoms with Crippen molar-refractivity contribution in [3.63, 3.8) is 0 Å². The molecule has 20 heavy (non-hydrogen) atoms. The number of pyridine rings is 1. The summed E-state index contributed by atoms with van der Waals surface area (Å²) in [5.74, 6) is -0.315. The average molecular weight is 268 g/mol. The van der Waals surface area contributed by atoms with Crippen LogP contribution in [-0.4, -0.2) is 22.5 Å². The Balaban J connectivity index is 2.01. The van der Waals surface area contributed by atoms with Gasteiger partial charge >= 0.3 is 0 Å². The lowest BCUT2D eigenvalue weighted by molar-refractivity contribution is 0.0977. The molecular formula is C16H16N2O2. The smallest absolute Gasteiger partial charge is 0.280 e. The third kappa shape index (κ3) is 2.13. The number of amides is 1. The molecule has 4 heteroatoms. The number of anilines is 1. The van der Waals surface area contributed by atoms with Gasteiger partial charge in [-0.3, -0.25) is 4.79 Å². The average Bonchev–Trinajstić information content (AvgIpc) is 2.46. The molecule has 0 fully saturated rings. The fraction of sp³-hybridized carbons (Fsp3) is 0.250. The summed E-state index contributed by atoms with van der Waals surface area (Å²) in [5, 5.41) is 9.79. The summed E-state index contributed by atoms with van der Waals surface area (Å²) in [6.45, 7) is 2.70. The zero-order valence-corrected chi connectivity index (χ0v) is 11.3. The van der Waals surface area contributed by atoms with Gasteiger partial charge in [0.05, 0.1) is 0 Å². The number of aromatic nitrogens is 1. The van der Waals surface area contributed by atoms with Crippen LogP contribution in [0.5, 0.6) is 5.75 Å². The number of hydrogen-bond acceptors (Lipinski definition) is 3. The first-order valence-electron chi connectivity index (χ1n) is 6.72. The zero-order valence-electron chi connectivity index (χ0n) is 11.3. The van der Waals surface area contributed by atoms with Crippen LogP contribution >= 0.6 is 0 Å². The minimum Gasteiger partial charge on any atom is -0.505 e. The van der Waals surface area contributed by atoms with Crippen LogP contribution in [0, 0.1) is 6.92 Å². The fourth-order valence-electron chi connectivity index (χ4n) is 2.63. The van der Waals surface area contributed by atoms with Crippen molar-refractivity contribution >= 4 is 11.6 Å². The molecule has 2 aromatic rings. The minimum atomic E-state index is -0.243. The molecule has 0 atom stereocenters. The van der Waals surface area contributed by atoms with E-state index in [1.54, 1.807) is 11.0 Å². The number of hydrogen-bond donors (Lipinski definition) is 1. The molecule has 1 aromatic heterocycles. The minimum absolute atomic E-state index is 0.0725. The normalized spacial score (nSPS) is 13.9. The third-order valence-corrected chi connectivity index (χ3v) is 3.59. The molecule has 3 rings (SSSR count). The van der Waals surface area contributed by atoms with E-state index < -0.39 is 0 Å². The van der Waals surface area contributed by atoms with Gasteiger partial charge in [0.1, 0.15) is 5.75 Å². The van der Waals surface area contributed by atoms with Gasteiger partial charge in [0.15, 0.2) is 5.69 Å². The molecule has 102 valence electrons. The largest absolute Gasteiger partial charge is 0.505 e. The number of aryl methyl sites for hydroxylation is 2. The summed E-state index contributed by atoms with van der Waals surface area (Å²) in [4.78, 5) is 18.3. The summed E-state index contributed by atoms with van der Waals surface area (Å²) < 4.78 is 0. The van der Waals surface area contributed by atoms with Gasteiger partial charge in [0, 0.05) is 18.4 Å². The van der Waals surface area contributed by atoms with E-state index in [1.807, 2.05) is 19.1 Å².